The number of likely N-dealkylation sites (N-methyl/N-ethyl adjacent to an activating group) is 1. The van der Waals surface area contributed by atoms with E-state index in [-0.39, 0.29) is 12.0 Å². The predicted molar refractivity (Wildman–Crippen MR) is 126 cm³/mol. The Balaban J connectivity index is 1.43. The van der Waals surface area contributed by atoms with Crippen molar-refractivity contribution in [3.05, 3.63) is 35.4 Å². The van der Waals surface area contributed by atoms with Crippen LogP contribution >= 0.6 is 0 Å². The molecule has 4 N–H and O–H groups in total. The monoisotopic (exact) mass is 519 g/mol. The van der Waals surface area contributed by atoms with Gasteiger partial charge in [0, 0.05) is 24.4 Å². The number of rotatable bonds is 5. The highest BCUT2D eigenvalue weighted by Crippen LogP contribution is 2.64. The Morgan fingerprint density at radius 1 is 1.27 bits per heavy atom. The summed E-state index contributed by atoms with van der Waals surface area (Å²) in [6.07, 6.45) is -3.19. The van der Waals surface area contributed by atoms with Crippen molar-refractivity contribution in [3.8, 4) is 11.5 Å². The summed E-state index contributed by atoms with van der Waals surface area (Å²) in [5, 5.41) is 42.8. The molecule has 2 bridgehead atoms. The van der Waals surface area contributed by atoms with Gasteiger partial charge in [0.25, 0.3) is 0 Å². The summed E-state index contributed by atoms with van der Waals surface area (Å²) >= 11 is 0. The number of aliphatic hydroxyl groups is 4. The molecule has 10 atom stereocenters. The van der Waals surface area contributed by atoms with E-state index in [0.29, 0.717) is 17.9 Å². The van der Waals surface area contributed by atoms with Gasteiger partial charge in [0.1, 0.15) is 18.3 Å². The molecule has 11 nitrogen and oxygen atoms in total. The Bertz CT molecular complexity index is 1130. The first kappa shape index (κ1) is 25.1. The van der Waals surface area contributed by atoms with Crippen molar-refractivity contribution < 1.29 is 48.9 Å². The number of piperidine rings is 1. The molecule has 1 aromatic carbocycles. The molecular weight excluding hydrogens is 486 g/mol. The summed E-state index contributed by atoms with van der Waals surface area (Å²) in [5.74, 6) is -1.61. The minimum atomic E-state index is -2.05. The largest absolute Gasteiger partial charge is 0.493 e. The van der Waals surface area contributed by atoms with Crippen LogP contribution in [0.5, 0.6) is 11.5 Å². The maximum Gasteiger partial charge on any atom is 0.303 e. The number of carbonyl (C=O) groups is 1. The third kappa shape index (κ3) is 3.42. The molecule has 37 heavy (non-hydrogen) atoms. The molecule has 3 heterocycles. The van der Waals surface area contributed by atoms with Crippen molar-refractivity contribution in [1.29, 1.82) is 0 Å². The molecule has 2 fully saturated rings. The van der Waals surface area contributed by atoms with Crippen LogP contribution in [0.15, 0.2) is 24.3 Å². The highest BCUT2D eigenvalue weighted by Gasteiger charge is 2.69. The molecule has 0 radical (unpaired) electrons. The van der Waals surface area contributed by atoms with Crippen LogP contribution in [0.1, 0.15) is 24.5 Å². The summed E-state index contributed by atoms with van der Waals surface area (Å²) < 4.78 is 29.2. The molecule has 202 valence electrons. The van der Waals surface area contributed by atoms with Crippen LogP contribution in [-0.2, 0) is 30.8 Å². The number of esters is 1. The Kier molecular flexibility index (Phi) is 5.85. The van der Waals surface area contributed by atoms with E-state index in [1.165, 1.54) is 6.08 Å². The number of methoxy groups -OCH3 is 1. The van der Waals surface area contributed by atoms with Crippen LogP contribution in [0.4, 0.5) is 0 Å². The molecular formula is C26H33NO10. The van der Waals surface area contributed by atoms with Gasteiger partial charge in [0.05, 0.1) is 19.1 Å². The fourth-order valence-electron chi connectivity index (χ4n) is 7.17. The molecule has 6 rings (SSSR count). The zero-order valence-electron chi connectivity index (χ0n) is 20.9. The maximum absolute atomic E-state index is 12.1. The van der Waals surface area contributed by atoms with Crippen molar-refractivity contribution in [3.63, 3.8) is 0 Å². The van der Waals surface area contributed by atoms with E-state index >= 15 is 0 Å². The summed E-state index contributed by atoms with van der Waals surface area (Å²) in [6, 6.07) is 4.12. The van der Waals surface area contributed by atoms with E-state index in [4.69, 9.17) is 23.7 Å². The van der Waals surface area contributed by atoms with Gasteiger partial charge in [-0.05, 0) is 44.1 Å². The van der Waals surface area contributed by atoms with E-state index < -0.39 is 60.6 Å². The van der Waals surface area contributed by atoms with Gasteiger partial charge in [-0.25, -0.2) is 0 Å². The number of aliphatic hydroxyl groups excluding tert-OH is 3. The van der Waals surface area contributed by atoms with E-state index in [1.54, 1.807) is 7.11 Å². The zero-order chi connectivity index (χ0) is 26.3. The number of nitrogens with zero attached hydrogens (tertiary/aromatic N) is 1. The second-order valence-electron chi connectivity index (χ2n) is 10.7. The smallest absolute Gasteiger partial charge is 0.303 e. The number of hydrogen-bond acceptors (Lipinski definition) is 11. The van der Waals surface area contributed by atoms with Gasteiger partial charge in [0.15, 0.2) is 23.7 Å². The van der Waals surface area contributed by atoms with Crippen molar-refractivity contribution in [2.75, 3.05) is 27.3 Å². The Hall–Kier alpha value is -2.25. The molecule has 0 unspecified atom stereocenters. The Morgan fingerprint density at radius 3 is 2.76 bits per heavy atom. The van der Waals surface area contributed by atoms with Crippen LogP contribution in [0, 0.1) is 5.92 Å². The number of hydrogen-bond donors (Lipinski definition) is 4. The van der Waals surface area contributed by atoms with Gasteiger partial charge >= 0.3 is 5.97 Å². The molecule has 0 aromatic heterocycles. The summed E-state index contributed by atoms with van der Waals surface area (Å²) in [5.41, 5.74) is 1.54. The lowest BCUT2D eigenvalue weighted by Gasteiger charge is -2.58. The fourth-order valence-corrected chi connectivity index (χ4v) is 7.17. The van der Waals surface area contributed by atoms with E-state index in [2.05, 4.69) is 18.0 Å². The quantitative estimate of drug-likeness (QED) is 0.221. The average Bonchev–Trinajstić information content (AvgIpc) is 3.23. The summed E-state index contributed by atoms with van der Waals surface area (Å²) in [4.78, 5) is 14.1. The summed E-state index contributed by atoms with van der Waals surface area (Å²) in [6.45, 7) is 1.32. The van der Waals surface area contributed by atoms with Crippen LogP contribution < -0.4 is 9.47 Å². The Morgan fingerprint density at radius 2 is 2.05 bits per heavy atom. The molecule has 0 saturated carbocycles. The lowest BCUT2D eigenvalue weighted by atomic mass is 9.52. The molecule has 1 aromatic rings. The van der Waals surface area contributed by atoms with Crippen LogP contribution in [0.2, 0.25) is 0 Å². The second kappa shape index (κ2) is 8.63. The van der Waals surface area contributed by atoms with Gasteiger partial charge in [0.2, 0.25) is 12.1 Å². The highest BCUT2D eigenvalue weighted by molar-refractivity contribution is 5.66. The minimum absolute atomic E-state index is 0.0372. The van der Waals surface area contributed by atoms with Crippen LogP contribution in [-0.4, -0.2) is 107 Å². The highest BCUT2D eigenvalue weighted by atomic mass is 16.8. The number of ether oxygens (including phenoxy) is 5. The molecule has 1 spiro atoms. The lowest BCUT2D eigenvalue weighted by molar-refractivity contribution is -0.368. The Labute approximate surface area is 214 Å². The second-order valence-corrected chi connectivity index (χ2v) is 10.7. The third-order valence-electron chi connectivity index (χ3n) is 8.83. The SMILES string of the molecule is COc1ccc2c3c1O[C@@H]1[C@]34CCN(C)[C@H](C2)[C@@H]4C=C[C@]1(O)O[C@H]1O[C@H](CO)[C@@H](O)[C@H](O)[C@@H]1OC(C)=O. The molecule has 2 saturated heterocycles. The number of likely N-dealkylation sites (tertiary alicyclic amines) is 1. The van der Waals surface area contributed by atoms with Gasteiger partial charge < -0.3 is 49.0 Å². The summed E-state index contributed by atoms with van der Waals surface area (Å²) in [7, 11) is 3.67. The first-order chi connectivity index (χ1) is 17.6. The first-order valence-electron chi connectivity index (χ1n) is 12.6. The molecule has 3 aliphatic heterocycles. The molecule has 2 aliphatic carbocycles. The van der Waals surface area contributed by atoms with Gasteiger partial charge in [-0.2, -0.15) is 0 Å². The van der Waals surface area contributed by atoms with Gasteiger partial charge in [-0.3, -0.25) is 4.79 Å². The molecule has 11 heteroatoms. The standard InChI is InChI=1S/C26H33NO10/c1-12(29)34-22-20(31)19(30)17(11-28)35-23(22)37-26(32)7-6-14-15-10-13-4-5-16(33-3)21-18(13)25(14,24(26)36-21)8-9-27(15)2/h4-7,14-15,17,19-20,22-24,28,30-32H,8-11H2,1-3H3/t14-,15+,17+,19+,20-,22-,23+,24+,25-,26-/m0/s1. The van der Waals surface area contributed by atoms with E-state index in [9.17, 15) is 25.2 Å². The molecule has 5 aliphatic rings. The van der Waals surface area contributed by atoms with Gasteiger partial charge in [-0.15, -0.1) is 0 Å². The minimum Gasteiger partial charge on any atom is -0.493 e. The van der Waals surface area contributed by atoms with Crippen molar-refractivity contribution in [2.45, 2.75) is 73.8 Å². The van der Waals surface area contributed by atoms with Gasteiger partial charge in [-0.1, -0.05) is 12.1 Å². The first-order valence-corrected chi connectivity index (χ1v) is 12.6. The number of benzene rings is 1. The van der Waals surface area contributed by atoms with Crippen LogP contribution in [0.25, 0.3) is 0 Å². The van der Waals surface area contributed by atoms with Crippen molar-refractivity contribution >= 4 is 5.97 Å². The lowest BCUT2D eigenvalue weighted by Crippen LogP contribution is -2.70. The normalized spacial score (nSPS) is 43.6. The van der Waals surface area contributed by atoms with E-state index in [1.807, 2.05) is 12.1 Å². The fraction of sp³-hybridized carbons (Fsp3) is 0.654. The maximum atomic E-state index is 12.1. The van der Waals surface area contributed by atoms with Crippen molar-refractivity contribution in [1.82, 2.24) is 4.90 Å². The average molecular weight is 520 g/mol. The van der Waals surface area contributed by atoms with Crippen LogP contribution in [0.3, 0.4) is 0 Å². The third-order valence-corrected chi connectivity index (χ3v) is 8.83. The topological polar surface area (TPSA) is 147 Å². The zero-order valence-corrected chi connectivity index (χ0v) is 20.9. The number of carbonyl (C=O) groups excluding carboxylic acids is 1. The molecule has 0 amide bonds. The van der Waals surface area contributed by atoms with E-state index in [0.717, 1.165) is 31.0 Å². The predicted octanol–water partition coefficient (Wildman–Crippen LogP) is -0.784. The van der Waals surface area contributed by atoms with Crippen molar-refractivity contribution in [2.24, 2.45) is 5.92 Å².